The molecule has 0 aliphatic carbocycles. The normalized spacial score (nSPS) is 18.3. The van der Waals surface area contributed by atoms with Crippen molar-refractivity contribution in [2.75, 3.05) is 19.8 Å². The molecule has 0 aromatic heterocycles. The number of urea groups is 1. The molecule has 0 bridgehead atoms. The van der Waals surface area contributed by atoms with Gasteiger partial charge in [0, 0.05) is 13.1 Å². The molecule has 1 aromatic rings. The molecular weight excluding hydrogens is 272 g/mol. The number of nitrogens with zero attached hydrogens (tertiary/aromatic N) is 1. The fourth-order valence-electron chi connectivity index (χ4n) is 2.39. The van der Waals surface area contributed by atoms with Crippen LogP contribution in [0.15, 0.2) is 24.3 Å². The smallest absolute Gasteiger partial charge is 0.318 e. The average molecular weight is 292 g/mol. The number of aryl methyl sites for hydroxylation is 1. The lowest BCUT2D eigenvalue weighted by molar-refractivity contribution is -0.139. The van der Waals surface area contributed by atoms with Gasteiger partial charge in [-0.1, -0.05) is 29.8 Å². The van der Waals surface area contributed by atoms with Gasteiger partial charge < -0.3 is 20.1 Å². The number of amides is 2. The van der Waals surface area contributed by atoms with Crippen molar-refractivity contribution in [3.63, 3.8) is 0 Å². The van der Waals surface area contributed by atoms with Crippen LogP contribution in [-0.2, 0) is 16.1 Å². The number of hydrogen-bond acceptors (Lipinski definition) is 3. The number of ether oxygens (including phenoxy) is 1. The van der Waals surface area contributed by atoms with Crippen molar-refractivity contribution in [2.45, 2.75) is 25.9 Å². The zero-order valence-corrected chi connectivity index (χ0v) is 12.0. The van der Waals surface area contributed by atoms with Crippen LogP contribution in [0, 0.1) is 6.92 Å². The Morgan fingerprint density at radius 3 is 3.00 bits per heavy atom. The second-order valence-corrected chi connectivity index (χ2v) is 5.17. The number of carboxylic acid groups (broad SMARTS) is 1. The van der Waals surface area contributed by atoms with Crippen molar-refractivity contribution in [3.8, 4) is 0 Å². The van der Waals surface area contributed by atoms with Crippen molar-refractivity contribution in [3.05, 3.63) is 35.4 Å². The van der Waals surface area contributed by atoms with Crippen molar-refractivity contribution >= 4 is 12.0 Å². The zero-order chi connectivity index (χ0) is 15.2. The minimum absolute atomic E-state index is 0.0993. The van der Waals surface area contributed by atoms with Crippen LogP contribution in [0.2, 0.25) is 0 Å². The number of carbonyl (C=O) groups is 2. The van der Waals surface area contributed by atoms with Gasteiger partial charge in [0.15, 0.2) is 0 Å². The van der Waals surface area contributed by atoms with E-state index in [-0.39, 0.29) is 19.1 Å². The topological polar surface area (TPSA) is 78.9 Å². The van der Waals surface area contributed by atoms with Gasteiger partial charge in [0.1, 0.15) is 0 Å². The first-order valence-electron chi connectivity index (χ1n) is 6.96. The van der Waals surface area contributed by atoms with Crippen LogP contribution in [0.25, 0.3) is 0 Å². The standard InChI is InChI=1S/C15H20N2O4/c1-11-3-2-4-12(7-11)9-16-15(20)17-5-6-21-10-13(17)8-14(18)19/h2-4,7,13H,5-6,8-10H2,1H3,(H,16,20)(H,18,19). The Bertz CT molecular complexity index is 518. The van der Waals surface area contributed by atoms with E-state index in [4.69, 9.17) is 9.84 Å². The number of morpholine rings is 1. The Kier molecular flexibility index (Phi) is 5.16. The molecule has 2 rings (SSSR count). The predicted molar refractivity (Wildman–Crippen MR) is 77.0 cm³/mol. The third-order valence-corrected chi connectivity index (χ3v) is 3.42. The maximum atomic E-state index is 12.2. The number of benzene rings is 1. The number of carboxylic acids is 1. The first-order chi connectivity index (χ1) is 10.1. The Labute approximate surface area is 123 Å². The van der Waals surface area contributed by atoms with Crippen LogP contribution >= 0.6 is 0 Å². The molecule has 1 atom stereocenters. The lowest BCUT2D eigenvalue weighted by Crippen LogP contribution is -2.53. The van der Waals surface area contributed by atoms with E-state index in [9.17, 15) is 9.59 Å². The third kappa shape index (κ3) is 4.46. The lowest BCUT2D eigenvalue weighted by Gasteiger charge is -2.34. The van der Waals surface area contributed by atoms with Crippen molar-refractivity contribution in [2.24, 2.45) is 0 Å². The predicted octanol–water partition coefficient (Wildman–Crippen LogP) is 1.38. The van der Waals surface area contributed by atoms with Crippen LogP contribution in [0.3, 0.4) is 0 Å². The summed E-state index contributed by atoms with van der Waals surface area (Å²) in [6.07, 6.45) is -0.0993. The molecule has 6 heteroatoms. The molecule has 1 aliphatic rings. The summed E-state index contributed by atoms with van der Waals surface area (Å²) in [6.45, 7) is 3.55. The van der Waals surface area contributed by atoms with Crippen LogP contribution in [0.1, 0.15) is 17.5 Å². The number of carbonyl (C=O) groups excluding carboxylic acids is 1. The van der Waals surface area contributed by atoms with E-state index >= 15 is 0 Å². The first-order valence-corrected chi connectivity index (χ1v) is 6.96. The highest BCUT2D eigenvalue weighted by atomic mass is 16.5. The highest BCUT2D eigenvalue weighted by Crippen LogP contribution is 2.11. The van der Waals surface area contributed by atoms with Gasteiger partial charge >= 0.3 is 12.0 Å². The minimum atomic E-state index is -0.929. The maximum absolute atomic E-state index is 12.2. The van der Waals surface area contributed by atoms with E-state index in [0.29, 0.717) is 19.7 Å². The third-order valence-electron chi connectivity index (χ3n) is 3.42. The maximum Gasteiger partial charge on any atom is 0.318 e. The summed E-state index contributed by atoms with van der Waals surface area (Å²) in [6, 6.07) is 7.24. The molecule has 6 nitrogen and oxygen atoms in total. The molecule has 0 spiro atoms. The molecule has 114 valence electrons. The molecule has 0 saturated carbocycles. The summed E-state index contributed by atoms with van der Waals surface area (Å²) in [5, 5.41) is 11.7. The van der Waals surface area contributed by atoms with Gasteiger partial charge in [-0.05, 0) is 12.5 Å². The molecule has 1 aromatic carbocycles. The molecule has 1 heterocycles. The molecule has 2 amide bonds. The largest absolute Gasteiger partial charge is 0.481 e. The second-order valence-electron chi connectivity index (χ2n) is 5.17. The van der Waals surface area contributed by atoms with Gasteiger partial charge in [-0.3, -0.25) is 4.79 Å². The second kappa shape index (κ2) is 7.08. The minimum Gasteiger partial charge on any atom is -0.481 e. The molecular formula is C15H20N2O4. The van der Waals surface area contributed by atoms with E-state index in [0.717, 1.165) is 11.1 Å². The molecule has 1 unspecified atom stereocenters. The first kappa shape index (κ1) is 15.3. The molecule has 1 saturated heterocycles. The molecule has 1 fully saturated rings. The SMILES string of the molecule is Cc1cccc(CNC(=O)N2CCOCC2CC(=O)O)c1. The summed E-state index contributed by atoms with van der Waals surface area (Å²) < 4.78 is 5.26. The quantitative estimate of drug-likeness (QED) is 0.878. The van der Waals surface area contributed by atoms with Crippen molar-refractivity contribution in [1.82, 2.24) is 10.2 Å². The Morgan fingerprint density at radius 2 is 2.29 bits per heavy atom. The van der Waals surface area contributed by atoms with Crippen molar-refractivity contribution in [1.29, 1.82) is 0 Å². The van der Waals surface area contributed by atoms with Crippen molar-refractivity contribution < 1.29 is 19.4 Å². The van der Waals surface area contributed by atoms with Crippen LogP contribution in [0.5, 0.6) is 0 Å². The van der Waals surface area contributed by atoms with Gasteiger partial charge in [-0.2, -0.15) is 0 Å². The average Bonchev–Trinajstić information content (AvgIpc) is 2.45. The van der Waals surface area contributed by atoms with E-state index in [1.807, 2.05) is 31.2 Å². The van der Waals surface area contributed by atoms with Gasteiger partial charge in [-0.25, -0.2) is 4.79 Å². The summed E-state index contributed by atoms with van der Waals surface area (Å²) >= 11 is 0. The monoisotopic (exact) mass is 292 g/mol. The fraction of sp³-hybridized carbons (Fsp3) is 0.467. The highest BCUT2D eigenvalue weighted by Gasteiger charge is 2.28. The fourth-order valence-corrected chi connectivity index (χ4v) is 2.39. The highest BCUT2D eigenvalue weighted by molar-refractivity contribution is 5.76. The van der Waals surface area contributed by atoms with Crippen LogP contribution < -0.4 is 5.32 Å². The molecule has 1 aliphatic heterocycles. The summed E-state index contributed by atoms with van der Waals surface area (Å²) in [5.74, 6) is -0.929. The lowest BCUT2D eigenvalue weighted by atomic mass is 10.1. The number of rotatable bonds is 4. The summed E-state index contributed by atoms with van der Waals surface area (Å²) in [5.41, 5.74) is 2.16. The van der Waals surface area contributed by atoms with Gasteiger partial charge in [0.2, 0.25) is 0 Å². The summed E-state index contributed by atoms with van der Waals surface area (Å²) in [7, 11) is 0. The Hall–Kier alpha value is -2.08. The number of aliphatic carboxylic acids is 1. The van der Waals surface area contributed by atoms with Gasteiger partial charge in [-0.15, -0.1) is 0 Å². The zero-order valence-electron chi connectivity index (χ0n) is 12.0. The number of nitrogens with one attached hydrogen (secondary N) is 1. The molecule has 2 N–H and O–H groups in total. The van der Waals surface area contributed by atoms with Gasteiger partial charge in [0.25, 0.3) is 0 Å². The number of hydrogen-bond donors (Lipinski definition) is 2. The van der Waals surface area contributed by atoms with E-state index < -0.39 is 12.0 Å². The van der Waals surface area contributed by atoms with Gasteiger partial charge in [0.05, 0.1) is 25.7 Å². The van der Waals surface area contributed by atoms with E-state index in [2.05, 4.69) is 5.32 Å². The van der Waals surface area contributed by atoms with Crippen LogP contribution in [0.4, 0.5) is 4.79 Å². The summed E-state index contributed by atoms with van der Waals surface area (Å²) in [4.78, 5) is 24.6. The van der Waals surface area contributed by atoms with E-state index in [1.54, 1.807) is 4.90 Å². The van der Waals surface area contributed by atoms with Crippen LogP contribution in [-0.4, -0.2) is 47.8 Å². The molecule has 0 radical (unpaired) electrons. The molecule has 21 heavy (non-hydrogen) atoms. The Balaban J connectivity index is 1.92. The van der Waals surface area contributed by atoms with E-state index in [1.165, 1.54) is 0 Å². The Morgan fingerprint density at radius 1 is 1.48 bits per heavy atom.